The number of ether oxygens (including phenoxy) is 4. The number of Topliss-reactive ketones (excluding diaryl/α,β-unsaturated/α-hetero) is 2. The molecule has 0 N–H and O–H groups in total. The number of hydrogen-bond acceptors (Lipinski definition) is 8. The van der Waals surface area contributed by atoms with Crippen molar-refractivity contribution in [3.8, 4) is 23.0 Å². The molecule has 6 rings (SSSR count). The molecule has 48 heavy (non-hydrogen) atoms. The molecule has 0 spiro atoms. The average molecular weight is 703 g/mol. The van der Waals surface area contributed by atoms with Crippen LogP contribution in [0, 0.1) is 23.6 Å². The van der Waals surface area contributed by atoms with E-state index in [1.165, 1.54) is 0 Å². The summed E-state index contributed by atoms with van der Waals surface area (Å²) in [5, 5.41) is 0. The molecular formula is C40H60N2O6. The monoisotopic (exact) mass is 703 g/mol. The molecule has 0 amide bonds. The standard InChI is InChI=1S/C20H29NO3.C19H27NO3.CH4/c1-5-13(2)8-15-12-21-7-6-14-9-19(23-3)20(24-4)10-16(14)17(21)11-18(15)22;1-12(2)7-14-11-20-6-5-13-8-18(22-3)19(23-4)9-15(13)16(20)10-17(14)21;/h9-10,13,15,17H,5-8,11-12H2,1-4H3;8-9,12,14,16H,5-7,10-11H2,1-4H3;1H4/i2D3,3D3,4D3,5D2,6D2,7D2,8D2,9D,10D,11D2,13D,15D,17D;3D3,4D3,5D2,6D2,10D2,14D,16D;. The molecule has 0 bridgehead atoms. The second-order valence-electron chi connectivity index (χ2n) is 10.6. The highest BCUT2D eigenvalue weighted by atomic mass is 16.5. The van der Waals surface area contributed by atoms with Gasteiger partial charge in [0.05, 0.1) is 50.1 Å². The van der Waals surface area contributed by atoms with E-state index in [0.29, 0.717) is 24.0 Å². The van der Waals surface area contributed by atoms with Crippen LogP contribution in [0.2, 0.25) is 0 Å². The Morgan fingerprint density at radius 3 is 2.06 bits per heavy atom. The third kappa shape index (κ3) is 8.02. The van der Waals surface area contributed by atoms with Crippen molar-refractivity contribution in [1.82, 2.24) is 9.80 Å². The summed E-state index contributed by atoms with van der Waals surface area (Å²) in [5.41, 5.74) is -4.33. The Balaban J connectivity index is 0.000000376. The molecule has 0 saturated carbocycles. The Kier molecular flexibility index (Phi) is 4.04. The molecule has 4 aliphatic heterocycles. The van der Waals surface area contributed by atoms with Crippen molar-refractivity contribution in [2.75, 3.05) is 54.2 Å². The van der Waals surface area contributed by atoms with E-state index >= 15 is 0 Å². The fourth-order valence-corrected chi connectivity index (χ4v) is 4.88. The summed E-state index contributed by atoms with van der Waals surface area (Å²) in [7, 11) is -13.5. The molecule has 2 fully saturated rings. The first kappa shape index (κ1) is 11.7. The SMILES string of the molecule is C.[2H]C([2H])([2H])Oc1cc2c(cc1OC([2H])([2H])[2H])C1([2H])N(CC([2H])(CC(C)C)C(=O)C1([2H])[2H])C([2H])([2H])C2([2H])[2H].[2H]c1c(OC([2H])([2H])[2H])c(OC([2H])([2H])[2H])c([2H])c2c1C([2H])([2H])C([2H])([2H])N1CC([2H])(C([2H])([2H])C([2H])(C([2H])([2H])[2H])C([2H])([2H])C)C(=O)C([2H])([2H])C21[2H]. The van der Waals surface area contributed by atoms with Crippen LogP contribution < -0.4 is 18.9 Å². The summed E-state index contributed by atoms with van der Waals surface area (Å²) in [5.74, 6) is -18.9. The fourth-order valence-electron chi connectivity index (χ4n) is 4.88. The lowest BCUT2D eigenvalue weighted by Gasteiger charge is -2.43. The van der Waals surface area contributed by atoms with Crippen molar-refractivity contribution in [3.05, 3.63) is 46.5 Å². The first-order valence-electron chi connectivity index (χ1n) is 32.8. The molecule has 4 heterocycles. The molecule has 0 aromatic heterocycles. The molecule has 5 atom stereocenters. The van der Waals surface area contributed by atoms with Gasteiger partial charge in [0.1, 0.15) is 11.6 Å². The molecule has 266 valence electrons. The third-order valence-corrected chi connectivity index (χ3v) is 7.02. The van der Waals surface area contributed by atoms with E-state index in [-0.39, 0.29) is 24.7 Å². The lowest BCUT2D eigenvalue weighted by atomic mass is 9.79. The normalized spacial score (nSPS) is 50.8. The second-order valence-corrected chi connectivity index (χ2v) is 10.6. The van der Waals surface area contributed by atoms with Gasteiger partial charge >= 0.3 is 0 Å². The van der Waals surface area contributed by atoms with Crippen LogP contribution in [0.25, 0.3) is 0 Å². The number of carbonyl (C=O) groups is 2. The summed E-state index contributed by atoms with van der Waals surface area (Å²) >= 11 is 0. The summed E-state index contributed by atoms with van der Waals surface area (Å²) < 4.78 is 330. The number of carbonyl (C=O) groups excluding carboxylic acids is 2. The smallest absolute Gasteiger partial charge is 0.161 e. The maximum absolute atomic E-state index is 14.0. The lowest BCUT2D eigenvalue weighted by Crippen LogP contribution is -2.46. The minimum absolute atomic E-state index is 0. The number of benzene rings is 2. The van der Waals surface area contributed by atoms with Crippen LogP contribution in [-0.4, -0.2) is 75.6 Å². The predicted octanol–water partition coefficient (Wildman–Crippen LogP) is 7.50. The van der Waals surface area contributed by atoms with Crippen molar-refractivity contribution in [2.45, 2.75) is 91.7 Å². The Morgan fingerprint density at radius 2 is 1.44 bits per heavy atom. The molecule has 2 saturated heterocycles. The quantitative estimate of drug-likeness (QED) is 0.266. The number of piperidine rings is 2. The van der Waals surface area contributed by atoms with Gasteiger partial charge in [0.15, 0.2) is 23.0 Å². The first-order valence-corrected chi connectivity index (χ1v) is 13.8. The number of fused-ring (bicyclic) bond motifs is 6. The summed E-state index contributed by atoms with van der Waals surface area (Å²) in [6.45, 7) is -10.1. The van der Waals surface area contributed by atoms with Gasteiger partial charge in [-0.3, -0.25) is 19.4 Å². The molecule has 8 heteroatoms. The van der Waals surface area contributed by atoms with E-state index in [1.807, 2.05) is 0 Å². The van der Waals surface area contributed by atoms with Gasteiger partial charge in [-0.2, -0.15) is 0 Å². The van der Waals surface area contributed by atoms with Crippen LogP contribution in [0.4, 0.5) is 0 Å². The van der Waals surface area contributed by atoms with Crippen LogP contribution in [0.1, 0.15) is 153 Å². The Bertz CT molecular complexity index is 2980. The molecule has 5 unspecified atom stereocenters. The Labute approximate surface area is 342 Å². The van der Waals surface area contributed by atoms with E-state index in [2.05, 4.69) is 9.47 Å². The summed E-state index contributed by atoms with van der Waals surface area (Å²) in [4.78, 5) is 27.6. The lowest BCUT2D eigenvalue weighted by molar-refractivity contribution is -0.130. The zero-order chi connectivity index (χ0) is 67.0. The Hall–Kier alpha value is -3.10. The summed E-state index contributed by atoms with van der Waals surface area (Å²) in [6.07, 6.45) is -22.3. The van der Waals surface area contributed by atoms with Crippen molar-refractivity contribution in [1.29, 1.82) is 0 Å². The maximum atomic E-state index is 14.0. The molecule has 8 nitrogen and oxygen atoms in total. The number of nitrogens with zero attached hydrogens (tertiary/aromatic N) is 2. The zero-order valence-electron chi connectivity index (χ0n) is 63.2. The minimum Gasteiger partial charge on any atom is -0.493 e. The second kappa shape index (κ2) is 16.5. The minimum atomic E-state index is -4.30. The van der Waals surface area contributed by atoms with E-state index < -0.39 is 198 Å². The molecular weight excluding hydrogens is 604 g/mol. The topological polar surface area (TPSA) is 77.5 Å². The first-order chi connectivity index (χ1) is 37.1. The molecule has 4 aliphatic rings. The number of methoxy groups -OCH3 is 4. The van der Waals surface area contributed by atoms with Gasteiger partial charge in [-0.1, -0.05) is 41.4 Å². The zero-order valence-corrected chi connectivity index (χ0v) is 25.2. The largest absolute Gasteiger partial charge is 0.493 e. The van der Waals surface area contributed by atoms with Crippen molar-refractivity contribution >= 4 is 11.6 Å². The molecule has 2 aromatic carbocycles. The highest BCUT2D eigenvalue weighted by Gasteiger charge is 2.40. The van der Waals surface area contributed by atoms with Gasteiger partial charge in [0.25, 0.3) is 0 Å². The maximum Gasteiger partial charge on any atom is 0.161 e. The van der Waals surface area contributed by atoms with Gasteiger partial charge in [0.2, 0.25) is 0 Å². The average Bonchev–Trinajstić information content (AvgIpc) is 0.668. The van der Waals surface area contributed by atoms with E-state index in [4.69, 9.17) is 60.2 Å². The number of hydrogen-bond donors (Lipinski definition) is 0. The third-order valence-electron chi connectivity index (χ3n) is 7.02. The Morgan fingerprint density at radius 1 is 0.875 bits per heavy atom. The van der Waals surface area contributed by atoms with Crippen LogP contribution >= 0.6 is 0 Å². The highest BCUT2D eigenvalue weighted by molar-refractivity contribution is 5.83. The molecule has 2 aromatic rings. The number of rotatable bonds is 9. The fraction of sp³-hybridized carbons (Fsp3) is 0.650. The van der Waals surface area contributed by atoms with E-state index in [1.54, 1.807) is 13.8 Å². The van der Waals surface area contributed by atoms with Gasteiger partial charge in [-0.15, -0.1) is 0 Å². The molecule has 0 aliphatic carbocycles. The van der Waals surface area contributed by atoms with Crippen LogP contribution in [0.15, 0.2) is 24.2 Å². The van der Waals surface area contributed by atoms with Crippen molar-refractivity contribution in [2.24, 2.45) is 23.6 Å². The van der Waals surface area contributed by atoms with Gasteiger partial charge in [-0.25, -0.2) is 0 Å². The van der Waals surface area contributed by atoms with Gasteiger partial charge < -0.3 is 18.9 Å². The van der Waals surface area contributed by atoms with Crippen LogP contribution in [0.5, 0.6) is 23.0 Å². The summed E-state index contributed by atoms with van der Waals surface area (Å²) in [6, 6.07) is -8.60. The highest BCUT2D eigenvalue weighted by Crippen LogP contribution is 2.44. The predicted molar refractivity (Wildman–Crippen MR) is 192 cm³/mol. The number of ketones is 2. The van der Waals surface area contributed by atoms with Gasteiger partial charge in [-0.05, 0) is 83.8 Å². The van der Waals surface area contributed by atoms with E-state index in [9.17, 15) is 11.0 Å². The number of aryl methyl sites for hydroxylation is 1. The van der Waals surface area contributed by atoms with Crippen molar-refractivity contribution < 1.29 is 80.6 Å². The van der Waals surface area contributed by atoms with E-state index in [0.717, 1.165) is 0 Å². The molecule has 0 radical (unpaired) electrons. The van der Waals surface area contributed by atoms with Crippen LogP contribution in [0.3, 0.4) is 0 Å². The van der Waals surface area contributed by atoms with Crippen molar-refractivity contribution in [3.63, 3.8) is 0 Å². The van der Waals surface area contributed by atoms with Crippen LogP contribution in [-0.2, 0) is 22.3 Å². The van der Waals surface area contributed by atoms with Gasteiger partial charge in [0, 0.05) is 92.8 Å².